The molecule has 0 saturated carbocycles. The van der Waals surface area contributed by atoms with E-state index in [4.69, 9.17) is 4.74 Å². The molecule has 0 unspecified atom stereocenters. The minimum Gasteiger partial charge on any atom is -0.444 e. The molecule has 0 aliphatic heterocycles. The molecule has 3 aromatic heterocycles. The highest BCUT2D eigenvalue weighted by molar-refractivity contribution is 7.17. The van der Waals surface area contributed by atoms with Crippen molar-refractivity contribution in [3.63, 3.8) is 0 Å². The Morgan fingerprint density at radius 1 is 1.32 bits per heavy atom. The summed E-state index contributed by atoms with van der Waals surface area (Å²) in [7, 11) is 0. The second-order valence-corrected chi connectivity index (χ2v) is 9.97. The number of aromatic nitrogens is 2. The normalized spacial score (nSPS) is 13.0. The molecule has 28 heavy (non-hydrogen) atoms. The number of hydrogen-bond acceptors (Lipinski definition) is 6. The van der Waals surface area contributed by atoms with Crippen LogP contribution in [0.2, 0.25) is 0 Å². The van der Waals surface area contributed by atoms with E-state index in [1.54, 1.807) is 6.20 Å². The van der Waals surface area contributed by atoms with Gasteiger partial charge < -0.3 is 10.1 Å². The molecule has 7 heteroatoms. The zero-order valence-electron chi connectivity index (χ0n) is 16.5. The van der Waals surface area contributed by atoms with Gasteiger partial charge in [0.2, 0.25) is 0 Å². The van der Waals surface area contributed by atoms with Crippen molar-refractivity contribution in [2.75, 3.05) is 6.54 Å². The summed E-state index contributed by atoms with van der Waals surface area (Å²) in [4.78, 5) is 19.1. The van der Waals surface area contributed by atoms with Crippen LogP contribution in [0.15, 0.2) is 24.5 Å². The average molecular weight is 414 g/mol. The fourth-order valence-corrected chi connectivity index (χ4v) is 5.24. The van der Waals surface area contributed by atoms with Crippen molar-refractivity contribution in [2.24, 2.45) is 5.41 Å². The Labute approximate surface area is 173 Å². The van der Waals surface area contributed by atoms with E-state index in [0.717, 1.165) is 44.5 Å². The Kier molecular flexibility index (Phi) is 4.97. The molecule has 4 rings (SSSR count). The predicted octanol–water partition coefficient (Wildman–Crippen LogP) is 5.24. The maximum Gasteiger partial charge on any atom is 0.261 e. The van der Waals surface area contributed by atoms with Gasteiger partial charge in [-0.25, -0.2) is 4.37 Å². The first-order valence-electron chi connectivity index (χ1n) is 9.31. The molecule has 0 saturated heterocycles. The lowest BCUT2D eigenvalue weighted by Crippen LogP contribution is -2.32. The number of pyridine rings is 1. The van der Waals surface area contributed by atoms with Crippen LogP contribution in [0.5, 0.6) is 10.8 Å². The van der Waals surface area contributed by atoms with Crippen LogP contribution >= 0.6 is 22.9 Å². The second-order valence-electron chi connectivity index (χ2n) is 8.18. The van der Waals surface area contributed by atoms with Gasteiger partial charge in [-0.3, -0.25) is 9.78 Å². The molecule has 0 aromatic carbocycles. The van der Waals surface area contributed by atoms with Crippen LogP contribution in [-0.2, 0) is 12.8 Å². The highest BCUT2D eigenvalue weighted by atomic mass is 32.1. The Hall–Kier alpha value is -2.25. The lowest BCUT2D eigenvalue weighted by Gasteiger charge is -2.19. The Balaban J connectivity index is 1.75. The van der Waals surface area contributed by atoms with Crippen LogP contribution in [0.3, 0.4) is 0 Å². The standard InChI is InChI=1S/C21H23N3O2S2/c1-12-15(6-5-9-22-12)26-20-16-14(8-7-13-10-24-28-17(13)16)18(27-20)19(25)23-11-21(2,3)4/h5-6,9-10H,7-8,11H2,1-4H3,(H,23,25). The van der Waals surface area contributed by atoms with E-state index in [9.17, 15) is 4.79 Å². The van der Waals surface area contributed by atoms with Gasteiger partial charge in [0.05, 0.1) is 21.0 Å². The van der Waals surface area contributed by atoms with Crippen molar-refractivity contribution >= 4 is 28.8 Å². The predicted molar refractivity (Wildman–Crippen MR) is 114 cm³/mol. The van der Waals surface area contributed by atoms with E-state index in [0.29, 0.717) is 12.3 Å². The maximum atomic E-state index is 13.0. The smallest absolute Gasteiger partial charge is 0.261 e. The number of rotatable bonds is 4. The number of hydrogen-bond donors (Lipinski definition) is 1. The largest absolute Gasteiger partial charge is 0.444 e. The summed E-state index contributed by atoms with van der Waals surface area (Å²) in [6.45, 7) is 8.88. The zero-order valence-corrected chi connectivity index (χ0v) is 18.1. The van der Waals surface area contributed by atoms with Gasteiger partial charge in [-0.1, -0.05) is 32.1 Å². The lowest BCUT2D eigenvalue weighted by atomic mass is 9.93. The molecule has 0 atom stereocenters. The molecule has 5 nitrogen and oxygen atoms in total. The second kappa shape index (κ2) is 7.29. The first-order chi connectivity index (χ1) is 13.3. The number of ether oxygens (including phenoxy) is 1. The lowest BCUT2D eigenvalue weighted by molar-refractivity contribution is 0.0942. The van der Waals surface area contributed by atoms with Crippen molar-refractivity contribution in [1.29, 1.82) is 0 Å². The number of carbonyl (C=O) groups excluding carboxylic acids is 1. The number of thiophene rings is 1. The van der Waals surface area contributed by atoms with Crippen LogP contribution in [0.4, 0.5) is 0 Å². The van der Waals surface area contributed by atoms with Crippen LogP contribution < -0.4 is 10.1 Å². The van der Waals surface area contributed by atoms with Crippen LogP contribution in [0.1, 0.15) is 47.3 Å². The molecule has 0 fully saturated rings. The van der Waals surface area contributed by atoms with E-state index in [1.807, 2.05) is 25.3 Å². The van der Waals surface area contributed by atoms with Gasteiger partial charge >= 0.3 is 0 Å². The Bertz CT molecular complexity index is 1030. The summed E-state index contributed by atoms with van der Waals surface area (Å²) in [6, 6.07) is 3.77. The van der Waals surface area contributed by atoms with E-state index >= 15 is 0 Å². The molecule has 0 radical (unpaired) electrons. The monoisotopic (exact) mass is 413 g/mol. The summed E-state index contributed by atoms with van der Waals surface area (Å²) in [6.07, 6.45) is 5.41. The van der Waals surface area contributed by atoms with Gasteiger partial charge in [-0.2, -0.15) is 0 Å². The summed E-state index contributed by atoms with van der Waals surface area (Å²) in [5.41, 5.74) is 4.18. The van der Waals surface area contributed by atoms with Gasteiger partial charge in [-0.05, 0) is 60.0 Å². The van der Waals surface area contributed by atoms with Crippen LogP contribution in [0, 0.1) is 12.3 Å². The van der Waals surface area contributed by atoms with E-state index in [2.05, 4.69) is 35.4 Å². The highest BCUT2D eigenvalue weighted by Crippen LogP contribution is 2.50. The number of carbonyl (C=O) groups is 1. The van der Waals surface area contributed by atoms with Gasteiger partial charge in [-0.15, -0.1) is 0 Å². The third-order valence-corrected chi connectivity index (χ3v) is 6.61. The summed E-state index contributed by atoms with van der Waals surface area (Å²) in [5, 5.41) is 3.83. The van der Waals surface area contributed by atoms with Gasteiger partial charge in [0, 0.05) is 18.9 Å². The van der Waals surface area contributed by atoms with E-state index in [1.165, 1.54) is 28.4 Å². The minimum absolute atomic E-state index is 0.0260. The molecule has 3 aromatic rings. The number of aryl methyl sites for hydroxylation is 2. The van der Waals surface area contributed by atoms with Crippen molar-refractivity contribution in [2.45, 2.75) is 40.5 Å². The zero-order chi connectivity index (χ0) is 19.9. The summed E-state index contributed by atoms with van der Waals surface area (Å²) in [5.74, 6) is 0.687. The molecule has 1 amide bonds. The molecular formula is C21H23N3O2S2. The molecule has 0 spiro atoms. The summed E-state index contributed by atoms with van der Waals surface area (Å²) < 4.78 is 10.6. The minimum atomic E-state index is -0.0260. The fourth-order valence-electron chi connectivity index (χ4n) is 3.17. The summed E-state index contributed by atoms with van der Waals surface area (Å²) >= 11 is 2.89. The van der Waals surface area contributed by atoms with Crippen LogP contribution in [0.25, 0.3) is 10.4 Å². The molecular weight excluding hydrogens is 390 g/mol. The van der Waals surface area contributed by atoms with E-state index < -0.39 is 0 Å². The van der Waals surface area contributed by atoms with Crippen molar-refractivity contribution in [1.82, 2.24) is 14.7 Å². The molecule has 1 N–H and O–H groups in total. The number of fused-ring (bicyclic) bond motifs is 3. The van der Waals surface area contributed by atoms with Crippen molar-refractivity contribution in [3.05, 3.63) is 46.2 Å². The van der Waals surface area contributed by atoms with Gasteiger partial charge in [0.25, 0.3) is 5.91 Å². The number of nitrogens with zero attached hydrogens (tertiary/aromatic N) is 2. The third kappa shape index (κ3) is 3.69. The Morgan fingerprint density at radius 3 is 2.89 bits per heavy atom. The highest BCUT2D eigenvalue weighted by Gasteiger charge is 2.31. The first-order valence-corrected chi connectivity index (χ1v) is 10.9. The van der Waals surface area contributed by atoms with Gasteiger partial charge in [0.15, 0.2) is 5.06 Å². The van der Waals surface area contributed by atoms with Crippen molar-refractivity contribution in [3.8, 4) is 21.3 Å². The molecule has 3 heterocycles. The molecule has 1 aliphatic rings. The third-order valence-electron chi connectivity index (χ3n) is 4.64. The Morgan fingerprint density at radius 2 is 2.14 bits per heavy atom. The van der Waals surface area contributed by atoms with Gasteiger partial charge in [0.1, 0.15) is 5.75 Å². The molecule has 1 aliphatic carbocycles. The maximum absolute atomic E-state index is 13.0. The van der Waals surface area contributed by atoms with Crippen molar-refractivity contribution < 1.29 is 9.53 Å². The molecule has 0 bridgehead atoms. The quantitative estimate of drug-likeness (QED) is 0.635. The molecule has 146 valence electrons. The van der Waals surface area contributed by atoms with Crippen LogP contribution in [-0.4, -0.2) is 21.8 Å². The number of nitrogens with one attached hydrogen (secondary N) is 1. The fraction of sp³-hybridized carbons (Fsp3) is 0.381. The number of amides is 1. The topological polar surface area (TPSA) is 64.1 Å². The average Bonchev–Trinajstić information content (AvgIpc) is 3.25. The van der Waals surface area contributed by atoms with E-state index in [-0.39, 0.29) is 11.3 Å². The SMILES string of the molecule is Cc1ncccc1Oc1sc(C(=O)NCC(C)(C)C)c2c1-c1sncc1CC2. The first kappa shape index (κ1) is 19.1.